The van der Waals surface area contributed by atoms with E-state index in [1.54, 1.807) is 23.7 Å². The van der Waals surface area contributed by atoms with E-state index in [1.807, 2.05) is 27.0 Å². The van der Waals surface area contributed by atoms with Crippen molar-refractivity contribution in [1.82, 2.24) is 9.72 Å². The van der Waals surface area contributed by atoms with Crippen LogP contribution in [0.4, 0.5) is 5.88 Å². The quantitative estimate of drug-likeness (QED) is 0.921. The number of aromatic nitrogens is 2. The lowest BCUT2D eigenvalue weighted by Crippen LogP contribution is -2.15. The molecule has 2 rings (SSSR count). The third-order valence-corrected chi connectivity index (χ3v) is 3.15. The first-order valence-corrected chi connectivity index (χ1v) is 6.67. The van der Waals surface area contributed by atoms with Crippen LogP contribution in [0.15, 0.2) is 27.3 Å². The van der Waals surface area contributed by atoms with E-state index in [4.69, 9.17) is 4.52 Å². The summed E-state index contributed by atoms with van der Waals surface area (Å²) in [5.74, 6) is 0.122. The standard InChI is InChI=1S/C13H16BrN3O2/c1-13(2,3)10-6-11(19-16-10)15-12(18)9-5-8(14)7-17(9)4/h5-7H,1-4H3,(H,15,18). The summed E-state index contributed by atoms with van der Waals surface area (Å²) < 4.78 is 7.72. The molecule has 0 radical (unpaired) electrons. The highest BCUT2D eigenvalue weighted by Gasteiger charge is 2.20. The van der Waals surface area contributed by atoms with Crippen molar-refractivity contribution in [2.45, 2.75) is 26.2 Å². The molecule has 0 aliphatic heterocycles. The molecular formula is C13H16BrN3O2. The lowest BCUT2D eigenvalue weighted by molar-refractivity contribution is 0.101. The molecule has 0 aliphatic rings. The molecule has 0 saturated carbocycles. The molecule has 0 atom stereocenters. The van der Waals surface area contributed by atoms with Crippen LogP contribution in [0.5, 0.6) is 0 Å². The highest BCUT2D eigenvalue weighted by molar-refractivity contribution is 9.10. The Kier molecular flexibility index (Phi) is 3.54. The van der Waals surface area contributed by atoms with Gasteiger partial charge in [-0.25, -0.2) is 0 Å². The summed E-state index contributed by atoms with van der Waals surface area (Å²) in [6.45, 7) is 6.10. The van der Waals surface area contributed by atoms with Crippen molar-refractivity contribution in [2.24, 2.45) is 7.05 Å². The molecule has 0 unspecified atom stereocenters. The molecule has 102 valence electrons. The van der Waals surface area contributed by atoms with Crippen molar-refractivity contribution in [3.63, 3.8) is 0 Å². The van der Waals surface area contributed by atoms with Crippen LogP contribution in [0, 0.1) is 0 Å². The predicted octanol–water partition coefficient (Wildman–Crippen LogP) is 3.33. The van der Waals surface area contributed by atoms with Gasteiger partial charge >= 0.3 is 0 Å². The van der Waals surface area contributed by atoms with E-state index in [-0.39, 0.29) is 11.3 Å². The molecular weight excluding hydrogens is 310 g/mol. The van der Waals surface area contributed by atoms with E-state index in [9.17, 15) is 4.79 Å². The summed E-state index contributed by atoms with van der Waals surface area (Å²) >= 11 is 3.33. The van der Waals surface area contributed by atoms with Gasteiger partial charge in [0.05, 0.1) is 5.69 Å². The lowest BCUT2D eigenvalue weighted by Gasteiger charge is -2.12. The summed E-state index contributed by atoms with van der Waals surface area (Å²) in [5, 5.41) is 6.65. The highest BCUT2D eigenvalue weighted by Crippen LogP contribution is 2.24. The summed E-state index contributed by atoms with van der Waals surface area (Å²) in [6, 6.07) is 3.49. The number of nitrogens with one attached hydrogen (secondary N) is 1. The van der Waals surface area contributed by atoms with Gasteiger partial charge in [0.25, 0.3) is 5.91 Å². The summed E-state index contributed by atoms with van der Waals surface area (Å²) in [4.78, 5) is 12.1. The Bertz CT molecular complexity index is 608. The van der Waals surface area contributed by atoms with E-state index < -0.39 is 0 Å². The molecule has 19 heavy (non-hydrogen) atoms. The molecule has 5 nitrogen and oxygen atoms in total. The van der Waals surface area contributed by atoms with Crippen molar-refractivity contribution in [1.29, 1.82) is 0 Å². The number of amides is 1. The van der Waals surface area contributed by atoms with Gasteiger partial charge < -0.3 is 9.09 Å². The second-order valence-electron chi connectivity index (χ2n) is 5.43. The fraction of sp³-hybridized carbons (Fsp3) is 0.385. The molecule has 1 N–H and O–H groups in total. The number of aryl methyl sites for hydroxylation is 1. The molecule has 0 saturated heterocycles. The number of rotatable bonds is 2. The van der Waals surface area contributed by atoms with Crippen LogP contribution in [0.2, 0.25) is 0 Å². The lowest BCUT2D eigenvalue weighted by atomic mass is 9.92. The first-order chi connectivity index (χ1) is 8.77. The van der Waals surface area contributed by atoms with Gasteiger partial charge in [-0.05, 0) is 22.0 Å². The van der Waals surface area contributed by atoms with Crippen molar-refractivity contribution < 1.29 is 9.32 Å². The van der Waals surface area contributed by atoms with Crippen LogP contribution in [0.1, 0.15) is 37.0 Å². The van der Waals surface area contributed by atoms with E-state index in [0.717, 1.165) is 10.2 Å². The largest absolute Gasteiger partial charge is 0.345 e. The second-order valence-corrected chi connectivity index (χ2v) is 6.35. The molecule has 2 heterocycles. The van der Waals surface area contributed by atoms with Crippen LogP contribution in [-0.2, 0) is 12.5 Å². The summed E-state index contributed by atoms with van der Waals surface area (Å²) in [6.07, 6.45) is 1.82. The van der Waals surface area contributed by atoms with Crippen molar-refractivity contribution in [3.05, 3.63) is 34.2 Å². The SMILES string of the molecule is Cn1cc(Br)cc1C(=O)Nc1cc(C(C)(C)C)no1. The van der Waals surface area contributed by atoms with Gasteiger partial charge in [0.1, 0.15) is 5.69 Å². The molecule has 2 aromatic rings. The van der Waals surface area contributed by atoms with Crippen molar-refractivity contribution >= 4 is 27.7 Å². The number of carbonyl (C=O) groups excluding carboxylic acids is 1. The van der Waals surface area contributed by atoms with Gasteiger partial charge in [-0.15, -0.1) is 0 Å². The predicted molar refractivity (Wildman–Crippen MR) is 76.3 cm³/mol. The number of anilines is 1. The number of hydrogen-bond donors (Lipinski definition) is 1. The summed E-state index contributed by atoms with van der Waals surface area (Å²) in [5.41, 5.74) is 1.23. The Morgan fingerprint density at radius 3 is 2.58 bits per heavy atom. The van der Waals surface area contributed by atoms with Crippen molar-refractivity contribution in [2.75, 3.05) is 5.32 Å². The third kappa shape index (κ3) is 3.07. The Hall–Kier alpha value is -1.56. The van der Waals surface area contributed by atoms with Gasteiger partial charge in [-0.1, -0.05) is 25.9 Å². The number of nitrogens with zero attached hydrogens (tertiary/aromatic N) is 2. The number of hydrogen-bond acceptors (Lipinski definition) is 3. The van der Waals surface area contributed by atoms with Crippen LogP contribution >= 0.6 is 15.9 Å². The molecule has 0 bridgehead atoms. The average Bonchev–Trinajstić information content (AvgIpc) is 2.84. The first kappa shape index (κ1) is 13.9. The van der Waals surface area contributed by atoms with Crippen molar-refractivity contribution in [3.8, 4) is 0 Å². The average molecular weight is 326 g/mol. The van der Waals surface area contributed by atoms with Gasteiger partial charge in [0, 0.05) is 29.2 Å². The maximum absolute atomic E-state index is 12.1. The molecule has 1 amide bonds. The van der Waals surface area contributed by atoms with E-state index >= 15 is 0 Å². The van der Waals surface area contributed by atoms with Crippen LogP contribution in [0.3, 0.4) is 0 Å². The number of carbonyl (C=O) groups is 1. The van der Waals surface area contributed by atoms with Gasteiger partial charge in [-0.3, -0.25) is 10.1 Å². The molecule has 0 spiro atoms. The van der Waals surface area contributed by atoms with Crippen LogP contribution in [0.25, 0.3) is 0 Å². The zero-order valence-electron chi connectivity index (χ0n) is 11.3. The fourth-order valence-corrected chi connectivity index (χ4v) is 2.14. The normalized spacial score (nSPS) is 11.6. The topological polar surface area (TPSA) is 60.1 Å². The third-order valence-electron chi connectivity index (χ3n) is 2.72. The zero-order chi connectivity index (χ0) is 14.2. The Morgan fingerprint density at radius 1 is 1.42 bits per heavy atom. The van der Waals surface area contributed by atoms with E-state index in [1.165, 1.54) is 0 Å². The van der Waals surface area contributed by atoms with Gasteiger partial charge in [0.2, 0.25) is 5.88 Å². The maximum Gasteiger partial charge on any atom is 0.274 e. The molecule has 0 fully saturated rings. The monoisotopic (exact) mass is 325 g/mol. The van der Waals surface area contributed by atoms with Gasteiger partial charge in [-0.2, -0.15) is 0 Å². The summed E-state index contributed by atoms with van der Waals surface area (Å²) in [7, 11) is 1.81. The first-order valence-electron chi connectivity index (χ1n) is 5.88. The minimum absolute atomic E-state index is 0.111. The van der Waals surface area contributed by atoms with E-state index in [2.05, 4.69) is 26.4 Å². The molecule has 2 aromatic heterocycles. The number of halogens is 1. The van der Waals surface area contributed by atoms with Gasteiger partial charge in [0.15, 0.2) is 0 Å². The zero-order valence-corrected chi connectivity index (χ0v) is 12.9. The smallest absolute Gasteiger partial charge is 0.274 e. The molecule has 0 aromatic carbocycles. The Morgan fingerprint density at radius 2 is 2.11 bits per heavy atom. The minimum atomic E-state index is -0.232. The molecule has 0 aliphatic carbocycles. The fourth-order valence-electron chi connectivity index (χ4n) is 1.61. The second kappa shape index (κ2) is 4.85. The van der Waals surface area contributed by atoms with Crippen LogP contribution in [-0.4, -0.2) is 15.6 Å². The minimum Gasteiger partial charge on any atom is -0.345 e. The maximum atomic E-state index is 12.1. The molecule has 6 heteroatoms. The Labute approximate surface area is 120 Å². The van der Waals surface area contributed by atoms with E-state index in [0.29, 0.717) is 11.6 Å². The van der Waals surface area contributed by atoms with Crippen LogP contribution < -0.4 is 5.32 Å². The Balaban J connectivity index is 2.16. The highest BCUT2D eigenvalue weighted by atomic mass is 79.9.